The highest BCUT2D eigenvalue weighted by Crippen LogP contribution is 2.28. The normalized spacial score (nSPS) is 10.8. The minimum atomic E-state index is 0.816. The van der Waals surface area contributed by atoms with E-state index in [0.717, 1.165) is 43.3 Å². The average molecular weight is 288 g/mol. The predicted octanol–water partition coefficient (Wildman–Crippen LogP) is 3.97. The lowest BCUT2D eigenvalue weighted by Crippen LogP contribution is -2.14. The van der Waals surface area contributed by atoms with Gasteiger partial charge in [0.25, 0.3) is 0 Å². The lowest BCUT2D eigenvalue weighted by atomic mass is 10.2. The third kappa shape index (κ3) is 5.61. The second-order valence-electron chi connectivity index (χ2n) is 4.09. The van der Waals surface area contributed by atoms with Gasteiger partial charge in [-0.05, 0) is 37.1 Å². The maximum Gasteiger partial charge on any atom is 0.0470 e. The van der Waals surface area contributed by atoms with Crippen LogP contribution in [-0.2, 0) is 11.3 Å². The number of hydrogen-bond donors (Lipinski definition) is 1. The monoisotopic (exact) mass is 287 g/mol. The molecule has 0 aromatic heterocycles. The van der Waals surface area contributed by atoms with Gasteiger partial charge in [0.2, 0.25) is 0 Å². The minimum Gasteiger partial charge on any atom is -0.385 e. The molecule has 0 unspecified atom stereocenters. The Morgan fingerprint density at radius 1 is 1.39 bits per heavy atom. The molecule has 0 aliphatic rings. The van der Waals surface area contributed by atoms with Gasteiger partial charge in [0.05, 0.1) is 0 Å². The summed E-state index contributed by atoms with van der Waals surface area (Å²) in [6.45, 7) is 4.86. The van der Waals surface area contributed by atoms with E-state index in [1.807, 2.05) is 23.9 Å². The molecule has 1 N–H and O–H groups in total. The van der Waals surface area contributed by atoms with Gasteiger partial charge in [-0.1, -0.05) is 24.6 Å². The van der Waals surface area contributed by atoms with Crippen molar-refractivity contribution in [3.05, 3.63) is 28.8 Å². The van der Waals surface area contributed by atoms with Crippen molar-refractivity contribution in [3.8, 4) is 0 Å². The lowest BCUT2D eigenvalue weighted by Gasteiger charge is -2.11. The van der Waals surface area contributed by atoms with E-state index in [1.54, 1.807) is 7.11 Å². The highest BCUT2D eigenvalue weighted by Gasteiger charge is 2.06. The molecule has 0 spiro atoms. The predicted molar refractivity (Wildman–Crippen MR) is 80.7 cm³/mol. The summed E-state index contributed by atoms with van der Waals surface area (Å²) in [7, 11) is 1.74. The van der Waals surface area contributed by atoms with Crippen LogP contribution in [0.15, 0.2) is 23.1 Å². The Kier molecular flexibility index (Phi) is 8.51. The number of halogens is 1. The summed E-state index contributed by atoms with van der Waals surface area (Å²) in [5.74, 6) is 1.06. The highest BCUT2D eigenvalue weighted by atomic mass is 35.5. The fourth-order valence-corrected chi connectivity index (χ4v) is 2.93. The maximum atomic E-state index is 6.27. The van der Waals surface area contributed by atoms with Crippen LogP contribution >= 0.6 is 23.4 Å². The SMILES string of the molecule is CCCNCc1c(Cl)cccc1SCCCOC. The van der Waals surface area contributed by atoms with Gasteiger partial charge in [-0.3, -0.25) is 0 Å². The average Bonchev–Trinajstić information content (AvgIpc) is 2.37. The number of hydrogen-bond acceptors (Lipinski definition) is 3. The molecular weight excluding hydrogens is 266 g/mol. The summed E-state index contributed by atoms with van der Waals surface area (Å²) in [4.78, 5) is 1.28. The zero-order chi connectivity index (χ0) is 13.2. The number of benzene rings is 1. The number of ether oxygens (including phenoxy) is 1. The van der Waals surface area contributed by atoms with E-state index in [4.69, 9.17) is 16.3 Å². The number of rotatable bonds is 9. The summed E-state index contributed by atoms with van der Waals surface area (Å²) in [5, 5.41) is 4.27. The molecule has 0 aliphatic carbocycles. The molecule has 0 atom stereocenters. The van der Waals surface area contributed by atoms with E-state index in [1.165, 1.54) is 10.5 Å². The van der Waals surface area contributed by atoms with Gasteiger partial charge in [0.15, 0.2) is 0 Å². The summed E-state index contributed by atoms with van der Waals surface area (Å²) >= 11 is 8.13. The van der Waals surface area contributed by atoms with Crippen LogP contribution in [0.1, 0.15) is 25.3 Å². The molecule has 0 radical (unpaired) electrons. The van der Waals surface area contributed by atoms with Gasteiger partial charge in [-0.25, -0.2) is 0 Å². The molecule has 0 heterocycles. The Bertz CT molecular complexity index is 347. The van der Waals surface area contributed by atoms with Crippen LogP contribution in [0.5, 0.6) is 0 Å². The molecule has 0 aliphatic heterocycles. The summed E-state index contributed by atoms with van der Waals surface area (Å²) in [5.41, 5.74) is 1.22. The van der Waals surface area contributed by atoms with Crippen molar-refractivity contribution in [1.29, 1.82) is 0 Å². The van der Waals surface area contributed by atoms with Gasteiger partial charge < -0.3 is 10.1 Å². The van der Waals surface area contributed by atoms with E-state index in [-0.39, 0.29) is 0 Å². The molecule has 4 heteroatoms. The standard InChI is InChI=1S/C14H22ClNOS/c1-3-8-16-11-12-13(15)6-4-7-14(12)18-10-5-9-17-2/h4,6-7,16H,3,5,8-11H2,1-2H3. The molecule has 0 amide bonds. The van der Waals surface area contributed by atoms with Gasteiger partial charge in [-0.15, -0.1) is 11.8 Å². The molecule has 0 saturated carbocycles. The van der Waals surface area contributed by atoms with Crippen molar-refractivity contribution < 1.29 is 4.74 Å². The van der Waals surface area contributed by atoms with E-state index in [2.05, 4.69) is 18.3 Å². The Morgan fingerprint density at radius 2 is 2.22 bits per heavy atom. The number of methoxy groups -OCH3 is 1. The van der Waals surface area contributed by atoms with Crippen LogP contribution in [0.3, 0.4) is 0 Å². The molecule has 0 saturated heterocycles. The van der Waals surface area contributed by atoms with E-state index in [9.17, 15) is 0 Å². The van der Waals surface area contributed by atoms with Crippen molar-refractivity contribution in [1.82, 2.24) is 5.32 Å². The second-order valence-corrected chi connectivity index (χ2v) is 5.63. The van der Waals surface area contributed by atoms with Gasteiger partial charge >= 0.3 is 0 Å². The van der Waals surface area contributed by atoms with E-state index < -0.39 is 0 Å². The second kappa shape index (κ2) is 9.68. The fourth-order valence-electron chi connectivity index (χ4n) is 1.62. The van der Waals surface area contributed by atoms with Crippen LogP contribution in [0.25, 0.3) is 0 Å². The lowest BCUT2D eigenvalue weighted by molar-refractivity contribution is 0.200. The number of nitrogens with one attached hydrogen (secondary N) is 1. The van der Waals surface area contributed by atoms with Crippen molar-refractivity contribution in [2.45, 2.75) is 31.2 Å². The fraction of sp³-hybridized carbons (Fsp3) is 0.571. The highest BCUT2D eigenvalue weighted by molar-refractivity contribution is 7.99. The minimum absolute atomic E-state index is 0.816. The van der Waals surface area contributed by atoms with Crippen LogP contribution in [0.4, 0.5) is 0 Å². The quantitative estimate of drug-likeness (QED) is 0.548. The Morgan fingerprint density at radius 3 is 2.94 bits per heavy atom. The van der Waals surface area contributed by atoms with E-state index in [0.29, 0.717) is 0 Å². The summed E-state index contributed by atoms with van der Waals surface area (Å²) < 4.78 is 5.06. The third-order valence-corrected chi connectivity index (χ3v) is 4.10. The van der Waals surface area contributed by atoms with Crippen LogP contribution < -0.4 is 5.32 Å². The summed E-state index contributed by atoms with van der Waals surface area (Å²) in [6, 6.07) is 6.13. The summed E-state index contributed by atoms with van der Waals surface area (Å²) in [6.07, 6.45) is 2.20. The molecule has 2 nitrogen and oxygen atoms in total. The molecule has 102 valence electrons. The first-order valence-electron chi connectivity index (χ1n) is 6.39. The molecule has 0 fully saturated rings. The van der Waals surface area contributed by atoms with Crippen LogP contribution in [-0.4, -0.2) is 26.0 Å². The molecule has 18 heavy (non-hydrogen) atoms. The first kappa shape index (κ1) is 15.8. The smallest absolute Gasteiger partial charge is 0.0470 e. The third-order valence-electron chi connectivity index (χ3n) is 2.55. The molecule has 1 aromatic rings. The Hall–Kier alpha value is -0.220. The zero-order valence-corrected chi connectivity index (χ0v) is 12.7. The number of thioether (sulfide) groups is 1. The molecule has 1 rings (SSSR count). The van der Waals surface area contributed by atoms with Crippen molar-refractivity contribution in [2.24, 2.45) is 0 Å². The van der Waals surface area contributed by atoms with Crippen molar-refractivity contribution >= 4 is 23.4 Å². The largest absolute Gasteiger partial charge is 0.385 e. The van der Waals surface area contributed by atoms with E-state index >= 15 is 0 Å². The van der Waals surface area contributed by atoms with Crippen molar-refractivity contribution in [3.63, 3.8) is 0 Å². The first-order valence-corrected chi connectivity index (χ1v) is 7.75. The van der Waals surface area contributed by atoms with Gasteiger partial charge in [0.1, 0.15) is 0 Å². The van der Waals surface area contributed by atoms with Gasteiger partial charge in [0, 0.05) is 35.9 Å². The zero-order valence-electron chi connectivity index (χ0n) is 11.2. The Balaban J connectivity index is 2.56. The maximum absolute atomic E-state index is 6.27. The topological polar surface area (TPSA) is 21.3 Å². The van der Waals surface area contributed by atoms with Crippen LogP contribution in [0.2, 0.25) is 5.02 Å². The molecule has 0 bridgehead atoms. The molecule has 1 aromatic carbocycles. The van der Waals surface area contributed by atoms with Crippen molar-refractivity contribution in [2.75, 3.05) is 26.0 Å². The van der Waals surface area contributed by atoms with Crippen LogP contribution in [0, 0.1) is 0 Å². The van der Waals surface area contributed by atoms with Gasteiger partial charge in [-0.2, -0.15) is 0 Å². The first-order chi connectivity index (χ1) is 8.79. The Labute approximate surface area is 119 Å². The molecular formula is C14H22ClNOS.